The summed E-state index contributed by atoms with van der Waals surface area (Å²) in [5.74, 6) is 0.259. The molecule has 0 aliphatic rings. The molecule has 100 heavy (non-hydrogen) atoms. The maximum absolute atomic E-state index is 13.1. The van der Waals surface area contributed by atoms with Gasteiger partial charge in [-0.25, -0.2) is 9.13 Å². The lowest BCUT2D eigenvalue weighted by atomic mass is 10.0. The standard InChI is InChI=1S/C81H158O17P2/c1-8-9-10-11-12-31-41-48-55-62-78(83)91-68-76(98-81(86)65-58-51-44-37-30-29-34-40-47-54-61-74(6)7)70-95-99(87,88)93-66-75(82)67-94-100(89,90)96-71-77(69-92-79(84)63-56-49-42-35-27-23-20-19-22-26-33-39-46-53-60-73(4)5)97-80(85)64-57-50-43-36-28-24-18-16-14-13-15-17-21-25-32-38-45-52-59-72(2)3/h72-77,82H,8-71H2,1-7H3,(H,87,88)(H,89,90)/t75-,76+,77+/m0/s1. The first-order valence-electron chi connectivity index (χ1n) is 41.8. The number of aliphatic hydroxyl groups excluding tert-OH is 1. The fourth-order valence-electron chi connectivity index (χ4n) is 12.5. The predicted molar refractivity (Wildman–Crippen MR) is 409 cm³/mol. The molecule has 594 valence electrons. The first kappa shape index (κ1) is 98.1. The minimum atomic E-state index is -4.96. The molecule has 0 aromatic heterocycles. The number of rotatable bonds is 79. The van der Waals surface area contributed by atoms with E-state index < -0.39 is 97.5 Å². The molecule has 17 nitrogen and oxygen atoms in total. The van der Waals surface area contributed by atoms with Gasteiger partial charge in [-0.1, -0.05) is 370 Å². The maximum atomic E-state index is 13.1. The fraction of sp³-hybridized carbons (Fsp3) is 0.951. The largest absolute Gasteiger partial charge is 0.472 e. The van der Waals surface area contributed by atoms with Gasteiger partial charge >= 0.3 is 39.5 Å². The molecule has 19 heteroatoms. The average Bonchev–Trinajstić information content (AvgIpc) is 0.928. The Hall–Kier alpha value is -1.94. The van der Waals surface area contributed by atoms with Crippen molar-refractivity contribution < 1.29 is 80.2 Å². The topological polar surface area (TPSA) is 237 Å². The van der Waals surface area contributed by atoms with Crippen LogP contribution in [0.25, 0.3) is 0 Å². The summed E-state index contributed by atoms with van der Waals surface area (Å²) in [5, 5.41) is 10.6. The van der Waals surface area contributed by atoms with Gasteiger partial charge in [0.2, 0.25) is 0 Å². The van der Waals surface area contributed by atoms with Crippen LogP contribution in [0.15, 0.2) is 0 Å². The minimum Gasteiger partial charge on any atom is -0.462 e. The molecule has 5 atom stereocenters. The van der Waals surface area contributed by atoms with E-state index >= 15 is 0 Å². The summed E-state index contributed by atoms with van der Waals surface area (Å²) in [4.78, 5) is 72.9. The van der Waals surface area contributed by atoms with E-state index in [-0.39, 0.29) is 25.7 Å². The van der Waals surface area contributed by atoms with Crippen molar-refractivity contribution in [2.24, 2.45) is 17.8 Å². The van der Waals surface area contributed by atoms with Crippen LogP contribution in [0, 0.1) is 17.8 Å². The molecule has 0 saturated heterocycles. The van der Waals surface area contributed by atoms with Crippen LogP contribution in [-0.4, -0.2) is 96.7 Å². The van der Waals surface area contributed by atoms with Gasteiger partial charge in [0.05, 0.1) is 26.4 Å². The van der Waals surface area contributed by atoms with Crippen LogP contribution in [-0.2, 0) is 65.4 Å². The molecular formula is C81H158O17P2. The molecule has 0 spiro atoms. The second-order valence-electron chi connectivity index (χ2n) is 30.6. The number of carbonyl (C=O) groups excluding carboxylic acids is 4. The molecule has 0 aromatic rings. The highest BCUT2D eigenvalue weighted by atomic mass is 31.2. The molecule has 0 aromatic carbocycles. The van der Waals surface area contributed by atoms with E-state index in [4.69, 9.17) is 37.0 Å². The van der Waals surface area contributed by atoms with Crippen molar-refractivity contribution >= 4 is 39.5 Å². The number of aliphatic hydroxyl groups is 1. The van der Waals surface area contributed by atoms with Gasteiger partial charge in [0.25, 0.3) is 0 Å². The molecule has 0 saturated carbocycles. The van der Waals surface area contributed by atoms with Crippen LogP contribution >= 0.6 is 15.6 Å². The van der Waals surface area contributed by atoms with E-state index in [9.17, 15) is 43.2 Å². The van der Waals surface area contributed by atoms with Gasteiger partial charge in [0.1, 0.15) is 19.3 Å². The number of esters is 4. The Kier molecular flexibility index (Phi) is 69.9. The highest BCUT2D eigenvalue weighted by Crippen LogP contribution is 2.45. The third-order valence-corrected chi connectivity index (χ3v) is 20.8. The summed E-state index contributed by atoms with van der Waals surface area (Å²) in [6.45, 7) is 12.0. The van der Waals surface area contributed by atoms with Gasteiger partial charge in [-0.05, 0) is 43.4 Å². The van der Waals surface area contributed by atoms with Crippen LogP contribution in [0.4, 0.5) is 0 Å². The van der Waals surface area contributed by atoms with Crippen LogP contribution in [0.3, 0.4) is 0 Å². The highest BCUT2D eigenvalue weighted by molar-refractivity contribution is 7.47. The Bertz CT molecular complexity index is 1940. The molecule has 0 heterocycles. The van der Waals surface area contributed by atoms with Crippen LogP contribution in [0.1, 0.15) is 421 Å². The molecule has 0 aliphatic heterocycles. The summed E-state index contributed by atoms with van der Waals surface area (Å²) < 4.78 is 68.7. The average molecular weight is 1470 g/mol. The zero-order valence-corrected chi connectivity index (χ0v) is 67.5. The number of hydrogen-bond acceptors (Lipinski definition) is 15. The molecule has 0 rings (SSSR count). The van der Waals surface area contributed by atoms with Crippen molar-refractivity contribution in [1.29, 1.82) is 0 Å². The number of phosphoric acid groups is 2. The van der Waals surface area contributed by atoms with Gasteiger partial charge in [-0.3, -0.25) is 37.3 Å². The third kappa shape index (κ3) is 74.3. The van der Waals surface area contributed by atoms with Gasteiger partial charge in [0, 0.05) is 25.7 Å². The van der Waals surface area contributed by atoms with Crippen molar-refractivity contribution in [3.63, 3.8) is 0 Å². The predicted octanol–water partition coefficient (Wildman–Crippen LogP) is 24.1. The summed E-state index contributed by atoms with van der Waals surface area (Å²) in [6, 6.07) is 0. The van der Waals surface area contributed by atoms with Crippen LogP contribution in [0.2, 0.25) is 0 Å². The number of carbonyl (C=O) groups is 4. The molecule has 0 fully saturated rings. The van der Waals surface area contributed by atoms with Crippen molar-refractivity contribution in [2.45, 2.75) is 439 Å². The SMILES string of the molecule is CCCCCCCCCCCC(=O)OC[C@H](COP(=O)(O)OC[C@H](O)COP(=O)(O)OC[C@@H](COC(=O)CCCCCCCCCCCCCCCCC(C)C)OC(=O)CCCCCCCCCCCCCCCCCCCCC(C)C)OC(=O)CCCCCCCCCCCCC(C)C. The van der Waals surface area contributed by atoms with Gasteiger partial charge in [0.15, 0.2) is 12.2 Å². The van der Waals surface area contributed by atoms with Crippen molar-refractivity contribution in [1.82, 2.24) is 0 Å². The summed E-state index contributed by atoms with van der Waals surface area (Å²) in [6.07, 6.45) is 59.7. The lowest BCUT2D eigenvalue weighted by Gasteiger charge is -2.21. The van der Waals surface area contributed by atoms with E-state index in [1.807, 2.05) is 0 Å². The third-order valence-electron chi connectivity index (χ3n) is 18.9. The first-order valence-corrected chi connectivity index (χ1v) is 44.8. The van der Waals surface area contributed by atoms with Crippen LogP contribution < -0.4 is 0 Å². The van der Waals surface area contributed by atoms with E-state index in [0.717, 1.165) is 108 Å². The van der Waals surface area contributed by atoms with Gasteiger partial charge in [-0.2, -0.15) is 0 Å². The zero-order valence-electron chi connectivity index (χ0n) is 65.7. The Labute approximate surface area is 613 Å². The monoisotopic (exact) mass is 1470 g/mol. The van der Waals surface area contributed by atoms with E-state index in [1.54, 1.807) is 0 Å². The normalized spacial score (nSPS) is 14.0. The van der Waals surface area contributed by atoms with Crippen LogP contribution in [0.5, 0.6) is 0 Å². The van der Waals surface area contributed by atoms with Crippen molar-refractivity contribution in [2.75, 3.05) is 39.6 Å². The second kappa shape index (κ2) is 71.3. The van der Waals surface area contributed by atoms with E-state index in [1.165, 1.54) is 231 Å². The molecule has 0 bridgehead atoms. The lowest BCUT2D eigenvalue weighted by Crippen LogP contribution is -2.30. The van der Waals surface area contributed by atoms with Gasteiger partial charge < -0.3 is 33.8 Å². The fourth-order valence-corrected chi connectivity index (χ4v) is 14.1. The zero-order chi connectivity index (χ0) is 73.7. The Morgan fingerprint density at radius 3 is 0.680 bits per heavy atom. The second-order valence-corrected chi connectivity index (χ2v) is 33.5. The first-order chi connectivity index (χ1) is 48.2. The molecule has 2 unspecified atom stereocenters. The smallest absolute Gasteiger partial charge is 0.462 e. The number of phosphoric ester groups is 2. The molecule has 3 N–H and O–H groups in total. The molecule has 0 radical (unpaired) electrons. The number of hydrogen-bond donors (Lipinski definition) is 3. The molecule has 0 amide bonds. The van der Waals surface area contributed by atoms with Crippen molar-refractivity contribution in [3.05, 3.63) is 0 Å². The van der Waals surface area contributed by atoms with E-state index in [2.05, 4.69) is 48.5 Å². The summed E-state index contributed by atoms with van der Waals surface area (Å²) in [5.41, 5.74) is 0. The number of unbranched alkanes of at least 4 members (excludes halogenated alkanes) is 47. The molecule has 0 aliphatic carbocycles. The minimum absolute atomic E-state index is 0.106. The summed E-state index contributed by atoms with van der Waals surface area (Å²) in [7, 11) is -9.92. The molecular weight excluding hydrogens is 1310 g/mol. The quantitative estimate of drug-likeness (QED) is 0.0222. The van der Waals surface area contributed by atoms with Gasteiger partial charge in [-0.15, -0.1) is 0 Å². The highest BCUT2D eigenvalue weighted by Gasteiger charge is 2.30. The Balaban J connectivity index is 5.21. The lowest BCUT2D eigenvalue weighted by molar-refractivity contribution is -0.161. The maximum Gasteiger partial charge on any atom is 0.472 e. The number of ether oxygens (including phenoxy) is 4. The Morgan fingerprint density at radius 2 is 0.460 bits per heavy atom. The van der Waals surface area contributed by atoms with Crippen molar-refractivity contribution in [3.8, 4) is 0 Å². The van der Waals surface area contributed by atoms with E-state index in [0.29, 0.717) is 25.7 Å². The summed E-state index contributed by atoms with van der Waals surface area (Å²) >= 11 is 0. The Morgan fingerprint density at radius 1 is 0.270 bits per heavy atom.